The maximum atomic E-state index is 5.58. The Bertz CT molecular complexity index is 416. The molecule has 0 saturated carbocycles. The summed E-state index contributed by atoms with van der Waals surface area (Å²) in [6.45, 7) is 0.543. The minimum Gasteiger partial charge on any atom is -0.486 e. The van der Waals surface area contributed by atoms with E-state index < -0.39 is 0 Å². The van der Waals surface area contributed by atoms with E-state index in [1.165, 1.54) is 4.88 Å². The van der Waals surface area contributed by atoms with E-state index in [9.17, 15) is 0 Å². The Kier molecular flexibility index (Phi) is 3.75. The van der Waals surface area contributed by atoms with Gasteiger partial charge >= 0.3 is 0 Å². The number of rotatable bonds is 4. The predicted molar refractivity (Wildman–Crippen MR) is 65.5 cm³/mol. The van der Waals surface area contributed by atoms with Crippen molar-refractivity contribution < 1.29 is 4.74 Å². The Morgan fingerprint density at radius 2 is 2.07 bits per heavy atom. The van der Waals surface area contributed by atoms with Gasteiger partial charge in [0, 0.05) is 16.4 Å². The molecule has 0 saturated heterocycles. The third-order valence-electron chi connectivity index (χ3n) is 1.84. The van der Waals surface area contributed by atoms with Crippen molar-refractivity contribution in [3.8, 4) is 5.75 Å². The largest absolute Gasteiger partial charge is 0.486 e. The van der Waals surface area contributed by atoms with Gasteiger partial charge in [-0.05, 0) is 12.1 Å². The van der Waals surface area contributed by atoms with Crippen molar-refractivity contribution in [1.29, 1.82) is 0 Å². The first-order chi connectivity index (χ1) is 7.38. The highest BCUT2D eigenvalue weighted by atomic mass is 79.9. The van der Waals surface area contributed by atoms with Gasteiger partial charge in [0.2, 0.25) is 0 Å². The highest BCUT2D eigenvalue weighted by Gasteiger charge is 2.01. The number of hydrogen-bond donors (Lipinski definition) is 0. The van der Waals surface area contributed by atoms with Crippen LogP contribution in [0, 0.1) is 0 Å². The molecule has 4 heteroatoms. The van der Waals surface area contributed by atoms with Crippen molar-refractivity contribution in [2.24, 2.45) is 0 Å². The van der Waals surface area contributed by atoms with Crippen LogP contribution in [0.15, 0.2) is 36.5 Å². The third-order valence-corrected chi connectivity index (χ3v) is 3.78. The lowest BCUT2D eigenvalue weighted by molar-refractivity contribution is 0.305. The molecule has 2 aromatic rings. The average molecular weight is 284 g/mol. The van der Waals surface area contributed by atoms with Crippen LogP contribution in [0.5, 0.6) is 5.75 Å². The van der Waals surface area contributed by atoms with Crippen LogP contribution in [-0.4, -0.2) is 4.98 Å². The lowest BCUT2D eigenvalue weighted by Gasteiger charge is -2.02. The van der Waals surface area contributed by atoms with Gasteiger partial charge in [0.1, 0.15) is 17.4 Å². The molecule has 0 aliphatic heterocycles. The Morgan fingerprint density at radius 1 is 1.27 bits per heavy atom. The fraction of sp³-hybridized carbons (Fsp3) is 0.182. The zero-order chi connectivity index (χ0) is 10.5. The fourth-order valence-corrected chi connectivity index (χ4v) is 2.31. The first-order valence-electron chi connectivity index (χ1n) is 4.56. The molecule has 0 bridgehead atoms. The predicted octanol–water partition coefficient (Wildman–Crippen LogP) is 3.62. The summed E-state index contributed by atoms with van der Waals surface area (Å²) in [4.78, 5) is 5.49. The smallest absolute Gasteiger partial charge is 0.140 e. The van der Waals surface area contributed by atoms with Crippen LogP contribution in [0.4, 0.5) is 0 Å². The minimum absolute atomic E-state index is 0.543. The molecule has 2 rings (SSSR count). The second-order valence-corrected chi connectivity index (χ2v) is 4.72. The Balaban J connectivity index is 1.93. The van der Waals surface area contributed by atoms with Gasteiger partial charge in [0.05, 0.1) is 0 Å². The van der Waals surface area contributed by atoms with Crippen LogP contribution in [0.3, 0.4) is 0 Å². The van der Waals surface area contributed by atoms with Crippen molar-refractivity contribution in [1.82, 2.24) is 4.98 Å². The number of benzene rings is 1. The van der Waals surface area contributed by atoms with Gasteiger partial charge < -0.3 is 4.74 Å². The molecular formula is C11H10BrNOS. The minimum atomic E-state index is 0.543. The summed E-state index contributed by atoms with van der Waals surface area (Å²) in [6, 6.07) is 9.78. The van der Waals surface area contributed by atoms with Crippen LogP contribution in [0.25, 0.3) is 0 Å². The molecular weight excluding hydrogens is 274 g/mol. The normalized spacial score (nSPS) is 10.2. The first-order valence-corrected chi connectivity index (χ1v) is 6.49. The van der Waals surface area contributed by atoms with Crippen molar-refractivity contribution >= 4 is 27.3 Å². The molecule has 0 N–H and O–H groups in total. The van der Waals surface area contributed by atoms with E-state index >= 15 is 0 Å². The highest BCUT2D eigenvalue weighted by molar-refractivity contribution is 9.08. The number of hydrogen-bond acceptors (Lipinski definition) is 3. The summed E-state index contributed by atoms with van der Waals surface area (Å²) in [5.74, 6) is 0.882. The molecule has 0 aliphatic rings. The third kappa shape index (κ3) is 3.04. The maximum absolute atomic E-state index is 5.58. The quantitative estimate of drug-likeness (QED) is 0.800. The summed E-state index contributed by atoms with van der Waals surface area (Å²) >= 11 is 5.07. The molecule has 0 unspecified atom stereocenters. The Hall–Kier alpha value is -0.870. The van der Waals surface area contributed by atoms with Crippen LogP contribution < -0.4 is 4.74 Å². The van der Waals surface area contributed by atoms with Gasteiger partial charge in [0.25, 0.3) is 0 Å². The molecule has 0 radical (unpaired) electrons. The zero-order valence-corrected chi connectivity index (χ0v) is 10.4. The van der Waals surface area contributed by atoms with E-state index in [2.05, 4.69) is 20.9 Å². The van der Waals surface area contributed by atoms with Gasteiger partial charge in [-0.2, -0.15) is 0 Å². The van der Waals surface area contributed by atoms with E-state index in [0.717, 1.165) is 16.1 Å². The van der Waals surface area contributed by atoms with Gasteiger partial charge in [-0.25, -0.2) is 4.98 Å². The van der Waals surface area contributed by atoms with E-state index in [1.807, 2.05) is 36.5 Å². The van der Waals surface area contributed by atoms with E-state index in [4.69, 9.17) is 4.74 Å². The summed E-state index contributed by atoms with van der Waals surface area (Å²) < 4.78 is 5.58. The molecule has 1 heterocycles. The number of thiazole rings is 1. The molecule has 0 atom stereocenters. The van der Waals surface area contributed by atoms with Gasteiger partial charge in [0.15, 0.2) is 0 Å². The number of ether oxygens (including phenoxy) is 1. The second-order valence-electron chi connectivity index (χ2n) is 2.96. The summed E-state index contributed by atoms with van der Waals surface area (Å²) in [5, 5.41) is 1.86. The van der Waals surface area contributed by atoms with Crippen molar-refractivity contribution in [2.45, 2.75) is 11.9 Å². The van der Waals surface area contributed by atoms with Gasteiger partial charge in [-0.1, -0.05) is 34.1 Å². The Morgan fingerprint density at radius 3 is 2.73 bits per heavy atom. The van der Waals surface area contributed by atoms with Crippen LogP contribution in [-0.2, 0) is 11.9 Å². The average Bonchev–Trinajstić information content (AvgIpc) is 2.76. The summed E-state index contributed by atoms with van der Waals surface area (Å²) in [5.41, 5.74) is 0. The van der Waals surface area contributed by atoms with E-state index in [1.54, 1.807) is 11.3 Å². The number of alkyl halides is 1. The van der Waals surface area contributed by atoms with E-state index in [-0.39, 0.29) is 0 Å². The fourth-order valence-electron chi connectivity index (χ4n) is 1.14. The first kappa shape index (κ1) is 10.6. The van der Waals surface area contributed by atoms with Crippen molar-refractivity contribution in [3.05, 3.63) is 46.4 Å². The lowest BCUT2D eigenvalue weighted by atomic mass is 10.3. The van der Waals surface area contributed by atoms with Crippen LogP contribution in [0.1, 0.15) is 9.88 Å². The summed E-state index contributed by atoms with van der Waals surface area (Å²) in [7, 11) is 0. The topological polar surface area (TPSA) is 22.1 Å². The monoisotopic (exact) mass is 283 g/mol. The van der Waals surface area contributed by atoms with Crippen molar-refractivity contribution in [3.63, 3.8) is 0 Å². The van der Waals surface area contributed by atoms with Crippen molar-refractivity contribution in [2.75, 3.05) is 0 Å². The SMILES string of the molecule is BrCc1cnc(COc2ccccc2)s1. The number of para-hydroxylation sites is 1. The molecule has 1 aromatic heterocycles. The maximum Gasteiger partial charge on any atom is 0.140 e. The second kappa shape index (κ2) is 5.28. The number of nitrogens with zero attached hydrogens (tertiary/aromatic N) is 1. The molecule has 0 amide bonds. The molecule has 0 spiro atoms. The summed E-state index contributed by atoms with van der Waals surface area (Å²) in [6.07, 6.45) is 1.88. The molecule has 0 fully saturated rings. The molecule has 0 aliphatic carbocycles. The molecule has 2 nitrogen and oxygen atoms in total. The number of aromatic nitrogens is 1. The van der Waals surface area contributed by atoms with Crippen LogP contribution in [0.2, 0.25) is 0 Å². The highest BCUT2D eigenvalue weighted by Crippen LogP contribution is 2.18. The molecule has 1 aromatic carbocycles. The Labute approximate surface area is 101 Å². The lowest BCUT2D eigenvalue weighted by Crippen LogP contribution is -1.93. The zero-order valence-electron chi connectivity index (χ0n) is 8.02. The van der Waals surface area contributed by atoms with Crippen LogP contribution >= 0.6 is 27.3 Å². The molecule has 15 heavy (non-hydrogen) atoms. The standard InChI is InChI=1S/C11H10BrNOS/c12-6-10-7-13-11(15-10)8-14-9-4-2-1-3-5-9/h1-5,7H,6,8H2. The van der Waals surface area contributed by atoms with Gasteiger partial charge in [-0.3, -0.25) is 0 Å². The van der Waals surface area contributed by atoms with E-state index in [0.29, 0.717) is 6.61 Å². The number of halogens is 1. The van der Waals surface area contributed by atoms with Gasteiger partial charge in [-0.15, -0.1) is 11.3 Å². The molecule has 78 valence electrons.